The number of methoxy groups -OCH3 is 1. The third-order valence-corrected chi connectivity index (χ3v) is 4.41. The standard InChI is InChI=1S/C19H24N2O3/c1-23-19-10-16(11-21-9-6-17(12-21)13-22)2-3-18(19)24-14-15-4-7-20-8-5-15/h2-5,7-8,10,17,22H,6,9,11-14H2,1H3. The molecule has 1 N–H and O–H groups in total. The highest BCUT2D eigenvalue weighted by molar-refractivity contribution is 5.43. The Kier molecular flexibility index (Phi) is 5.67. The van der Waals surface area contributed by atoms with E-state index >= 15 is 0 Å². The molecular formula is C19H24N2O3. The van der Waals surface area contributed by atoms with Crippen molar-refractivity contribution >= 4 is 0 Å². The van der Waals surface area contributed by atoms with Crippen LogP contribution in [0.4, 0.5) is 0 Å². The van der Waals surface area contributed by atoms with E-state index in [1.54, 1.807) is 19.5 Å². The maximum atomic E-state index is 9.25. The molecule has 1 unspecified atom stereocenters. The molecule has 5 nitrogen and oxygen atoms in total. The minimum Gasteiger partial charge on any atom is -0.493 e. The Morgan fingerprint density at radius 2 is 2.00 bits per heavy atom. The van der Waals surface area contributed by atoms with E-state index in [1.165, 1.54) is 5.56 Å². The Bertz CT molecular complexity index is 648. The smallest absolute Gasteiger partial charge is 0.161 e. The van der Waals surface area contributed by atoms with Crippen LogP contribution in [0.2, 0.25) is 0 Å². The molecule has 24 heavy (non-hydrogen) atoms. The van der Waals surface area contributed by atoms with E-state index in [0.29, 0.717) is 12.5 Å². The Morgan fingerprint density at radius 3 is 2.71 bits per heavy atom. The van der Waals surface area contributed by atoms with Crippen molar-refractivity contribution in [3.8, 4) is 11.5 Å². The van der Waals surface area contributed by atoms with Crippen LogP contribution in [-0.2, 0) is 13.2 Å². The van der Waals surface area contributed by atoms with Crippen molar-refractivity contribution in [1.29, 1.82) is 0 Å². The molecule has 5 heteroatoms. The second-order valence-corrected chi connectivity index (χ2v) is 6.20. The second-order valence-electron chi connectivity index (χ2n) is 6.20. The monoisotopic (exact) mass is 328 g/mol. The van der Waals surface area contributed by atoms with Crippen LogP contribution >= 0.6 is 0 Å². The van der Waals surface area contributed by atoms with E-state index in [-0.39, 0.29) is 6.61 Å². The predicted molar refractivity (Wildman–Crippen MR) is 92.0 cm³/mol. The van der Waals surface area contributed by atoms with Gasteiger partial charge < -0.3 is 14.6 Å². The van der Waals surface area contributed by atoms with Gasteiger partial charge in [-0.2, -0.15) is 0 Å². The van der Waals surface area contributed by atoms with Crippen molar-refractivity contribution in [2.75, 3.05) is 26.8 Å². The summed E-state index contributed by atoms with van der Waals surface area (Å²) in [5, 5.41) is 9.25. The molecule has 0 aliphatic carbocycles. The van der Waals surface area contributed by atoms with Gasteiger partial charge in [-0.1, -0.05) is 6.07 Å². The molecule has 1 atom stereocenters. The molecule has 1 aromatic heterocycles. The minimum atomic E-state index is 0.279. The third kappa shape index (κ3) is 4.24. The first-order valence-electron chi connectivity index (χ1n) is 8.30. The quantitative estimate of drug-likeness (QED) is 0.846. The summed E-state index contributed by atoms with van der Waals surface area (Å²) in [6.07, 6.45) is 4.59. The Labute approximate surface area is 142 Å². The number of benzene rings is 1. The molecule has 3 rings (SSSR count). The van der Waals surface area contributed by atoms with Crippen molar-refractivity contribution in [1.82, 2.24) is 9.88 Å². The molecule has 1 aliphatic rings. The third-order valence-electron chi connectivity index (χ3n) is 4.41. The van der Waals surface area contributed by atoms with Crippen LogP contribution in [-0.4, -0.2) is 41.8 Å². The Morgan fingerprint density at radius 1 is 1.17 bits per heavy atom. The lowest BCUT2D eigenvalue weighted by molar-refractivity contribution is 0.220. The topological polar surface area (TPSA) is 54.8 Å². The summed E-state index contributed by atoms with van der Waals surface area (Å²) in [5.74, 6) is 1.90. The summed E-state index contributed by atoms with van der Waals surface area (Å²) < 4.78 is 11.4. The highest BCUT2D eigenvalue weighted by Crippen LogP contribution is 2.30. The molecule has 1 fully saturated rings. The molecule has 1 saturated heterocycles. The number of aliphatic hydroxyl groups is 1. The first-order valence-corrected chi connectivity index (χ1v) is 8.30. The number of hydrogen-bond donors (Lipinski definition) is 1. The van der Waals surface area contributed by atoms with Crippen LogP contribution < -0.4 is 9.47 Å². The Hall–Kier alpha value is -2.11. The number of aliphatic hydroxyl groups excluding tert-OH is 1. The summed E-state index contributed by atoms with van der Waals surface area (Å²) in [5.41, 5.74) is 2.27. The second kappa shape index (κ2) is 8.13. The van der Waals surface area contributed by atoms with E-state index in [2.05, 4.69) is 16.0 Å². The van der Waals surface area contributed by atoms with Crippen LogP contribution in [0.15, 0.2) is 42.7 Å². The van der Waals surface area contributed by atoms with E-state index in [1.807, 2.05) is 24.3 Å². The average Bonchev–Trinajstić information content (AvgIpc) is 3.09. The van der Waals surface area contributed by atoms with Gasteiger partial charge in [0.1, 0.15) is 6.61 Å². The molecule has 0 saturated carbocycles. The molecule has 0 amide bonds. The average molecular weight is 328 g/mol. The van der Waals surface area contributed by atoms with Crippen molar-refractivity contribution in [3.63, 3.8) is 0 Å². The van der Waals surface area contributed by atoms with E-state index in [9.17, 15) is 5.11 Å². The lowest BCUT2D eigenvalue weighted by Gasteiger charge is -2.17. The maximum absolute atomic E-state index is 9.25. The van der Waals surface area contributed by atoms with Crippen molar-refractivity contribution in [2.45, 2.75) is 19.6 Å². The van der Waals surface area contributed by atoms with Gasteiger partial charge in [0.15, 0.2) is 11.5 Å². The molecule has 0 radical (unpaired) electrons. The van der Waals surface area contributed by atoms with Crippen LogP contribution in [0.5, 0.6) is 11.5 Å². The van der Waals surface area contributed by atoms with E-state index < -0.39 is 0 Å². The number of nitrogens with zero attached hydrogens (tertiary/aromatic N) is 2. The fourth-order valence-electron chi connectivity index (χ4n) is 3.03. The molecule has 0 bridgehead atoms. The van der Waals surface area contributed by atoms with Gasteiger partial charge in [0, 0.05) is 32.1 Å². The zero-order chi connectivity index (χ0) is 16.8. The van der Waals surface area contributed by atoms with Gasteiger partial charge in [0.25, 0.3) is 0 Å². The first-order chi connectivity index (χ1) is 11.8. The molecule has 128 valence electrons. The highest BCUT2D eigenvalue weighted by atomic mass is 16.5. The maximum Gasteiger partial charge on any atom is 0.161 e. The number of ether oxygens (including phenoxy) is 2. The van der Waals surface area contributed by atoms with Crippen molar-refractivity contribution < 1.29 is 14.6 Å². The van der Waals surface area contributed by atoms with Crippen LogP contribution in [0.3, 0.4) is 0 Å². The summed E-state index contributed by atoms with van der Waals surface area (Å²) in [6, 6.07) is 9.96. The number of likely N-dealkylation sites (tertiary alicyclic amines) is 1. The molecule has 2 aromatic rings. The van der Waals surface area contributed by atoms with Gasteiger partial charge in [-0.15, -0.1) is 0 Å². The molecule has 2 heterocycles. The zero-order valence-electron chi connectivity index (χ0n) is 14.0. The fraction of sp³-hybridized carbons (Fsp3) is 0.421. The Balaban J connectivity index is 1.62. The lowest BCUT2D eigenvalue weighted by Crippen LogP contribution is -2.21. The number of hydrogen-bond acceptors (Lipinski definition) is 5. The SMILES string of the molecule is COc1cc(CN2CCC(CO)C2)ccc1OCc1ccncc1. The van der Waals surface area contributed by atoms with Crippen molar-refractivity contribution in [3.05, 3.63) is 53.9 Å². The largest absolute Gasteiger partial charge is 0.493 e. The van der Waals surface area contributed by atoms with Gasteiger partial charge in [-0.05, 0) is 54.3 Å². The number of rotatable bonds is 7. The molecular weight excluding hydrogens is 304 g/mol. The molecule has 0 spiro atoms. The van der Waals surface area contributed by atoms with Gasteiger partial charge in [0.2, 0.25) is 0 Å². The molecule has 1 aromatic carbocycles. The normalized spacial score (nSPS) is 17.8. The highest BCUT2D eigenvalue weighted by Gasteiger charge is 2.21. The number of pyridine rings is 1. The first kappa shape index (κ1) is 16.7. The van der Waals surface area contributed by atoms with Gasteiger partial charge >= 0.3 is 0 Å². The van der Waals surface area contributed by atoms with Gasteiger partial charge in [0.05, 0.1) is 7.11 Å². The summed E-state index contributed by atoms with van der Waals surface area (Å²) >= 11 is 0. The summed E-state index contributed by atoms with van der Waals surface area (Å²) in [4.78, 5) is 6.37. The van der Waals surface area contributed by atoms with Crippen LogP contribution in [0.25, 0.3) is 0 Å². The van der Waals surface area contributed by atoms with E-state index in [0.717, 1.165) is 43.1 Å². The lowest BCUT2D eigenvalue weighted by atomic mass is 10.1. The number of aromatic nitrogens is 1. The van der Waals surface area contributed by atoms with Crippen molar-refractivity contribution in [2.24, 2.45) is 5.92 Å². The molecule has 1 aliphatic heterocycles. The zero-order valence-corrected chi connectivity index (χ0v) is 14.0. The van der Waals surface area contributed by atoms with Crippen LogP contribution in [0.1, 0.15) is 17.5 Å². The summed E-state index contributed by atoms with van der Waals surface area (Å²) in [6.45, 7) is 3.63. The van der Waals surface area contributed by atoms with Crippen LogP contribution in [0, 0.1) is 5.92 Å². The predicted octanol–water partition coefficient (Wildman–Crippen LogP) is 2.48. The van der Waals surface area contributed by atoms with E-state index in [4.69, 9.17) is 9.47 Å². The summed E-state index contributed by atoms with van der Waals surface area (Å²) in [7, 11) is 1.66. The minimum absolute atomic E-state index is 0.279. The van der Waals surface area contributed by atoms with Gasteiger partial charge in [-0.25, -0.2) is 0 Å². The van der Waals surface area contributed by atoms with Gasteiger partial charge in [-0.3, -0.25) is 9.88 Å². The fourth-order valence-corrected chi connectivity index (χ4v) is 3.03.